The Morgan fingerprint density at radius 1 is 1.00 bits per heavy atom. The van der Waals surface area contributed by atoms with Gasteiger partial charge >= 0.3 is 0 Å². The second kappa shape index (κ2) is 9.05. The molecule has 0 spiro atoms. The van der Waals surface area contributed by atoms with E-state index in [0.717, 1.165) is 22.5 Å². The first-order valence-electron chi connectivity index (χ1n) is 9.48. The molecule has 3 aromatic rings. The van der Waals surface area contributed by atoms with E-state index in [-0.39, 0.29) is 23.0 Å². The van der Waals surface area contributed by atoms with Crippen molar-refractivity contribution in [3.63, 3.8) is 0 Å². The van der Waals surface area contributed by atoms with Crippen LogP contribution in [0.1, 0.15) is 28.9 Å². The Kier molecular flexibility index (Phi) is 6.49. The van der Waals surface area contributed by atoms with E-state index >= 15 is 0 Å². The molecule has 1 N–H and O–H groups in total. The summed E-state index contributed by atoms with van der Waals surface area (Å²) in [4.78, 5) is 12.4. The number of hydrogen-bond acceptors (Lipinski definition) is 4. The van der Waals surface area contributed by atoms with Crippen LogP contribution in [-0.2, 0) is 27.7 Å². The summed E-state index contributed by atoms with van der Waals surface area (Å²) < 4.78 is 26.5. The van der Waals surface area contributed by atoms with Crippen LogP contribution in [0.3, 0.4) is 0 Å². The number of nitrogens with zero attached hydrogens (tertiary/aromatic N) is 2. The Hall–Kier alpha value is -2.93. The summed E-state index contributed by atoms with van der Waals surface area (Å²) >= 11 is 0. The molecule has 0 radical (unpaired) electrons. The van der Waals surface area contributed by atoms with Crippen LogP contribution in [0.15, 0.2) is 65.6 Å². The lowest BCUT2D eigenvalue weighted by Gasteiger charge is -2.08. The maximum absolute atomic E-state index is 12.3. The summed E-state index contributed by atoms with van der Waals surface area (Å²) in [5.41, 5.74) is 3.96. The van der Waals surface area contributed by atoms with Gasteiger partial charge in [-0.05, 0) is 31.5 Å². The highest BCUT2D eigenvalue weighted by Gasteiger charge is 2.17. The molecular formula is C22H25N3O3S. The van der Waals surface area contributed by atoms with Crippen molar-refractivity contribution < 1.29 is 13.2 Å². The number of carbonyl (C=O) groups excluding carboxylic acids is 1. The average molecular weight is 412 g/mol. The second-order valence-corrected chi connectivity index (χ2v) is 9.06. The van der Waals surface area contributed by atoms with Gasteiger partial charge in [0.25, 0.3) is 0 Å². The molecule has 0 aliphatic heterocycles. The molecule has 0 unspecified atom stereocenters. The normalized spacial score (nSPS) is 11.4. The fourth-order valence-corrected chi connectivity index (χ4v) is 4.41. The van der Waals surface area contributed by atoms with E-state index in [2.05, 4.69) is 10.4 Å². The first-order valence-corrected chi connectivity index (χ1v) is 11.1. The zero-order valence-electron chi connectivity index (χ0n) is 16.6. The Bertz CT molecular complexity index is 1080. The van der Waals surface area contributed by atoms with Crippen LogP contribution in [-0.4, -0.2) is 29.9 Å². The predicted octanol–water partition coefficient (Wildman–Crippen LogP) is 3.03. The zero-order chi connectivity index (χ0) is 20.9. The van der Waals surface area contributed by atoms with Crippen molar-refractivity contribution in [2.75, 3.05) is 5.75 Å². The number of aromatic nitrogens is 2. The van der Waals surface area contributed by atoms with Crippen LogP contribution in [0.25, 0.3) is 0 Å². The van der Waals surface area contributed by atoms with E-state index in [0.29, 0.717) is 13.1 Å². The van der Waals surface area contributed by atoms with Gasteiger partial charge in [0.1, 0.15) is 0 Å². The SMILES string of the molecule is Cc1nn(Cc2ccccc2)c(C)c1CNC(=O)CCS(=O)(=O)c1ccccc1. The number of amides is 1. The van der Waals surface area contributed by atoms with Crippen molar-refractivity contribution in [3.8, 4) is 0 Å². The number of carbonyl (C=O) groups is 1. The van der Waals surface area contributed by atoms with Crippen LogP contribution >= 0.6 is 0 Å². The minimum absolute atomic E-state index is 0.0759. The van der Waals surface area contributed by atoms with Crippen LogP contribution in [0.2, 0.25) is 0 Å². The van der Waals surface area contributed by atoms with Crippen molar-refractivity contribution in [3.05, 3.63) is 83.2 Å². The molecule has 0 saturated carbocycles. The van der Waals surface area contributed by atoms with Gasteiger partial charge < -0.3 is 5.32 Å². The fraction of sp³-hybridized carbons (Fsp3) is 0.273. The number of hydrogen-bond donors (Lipinski definition) is 1. The summed E-state index contributed by atoms with van der Waals surface area (Å²) in [7, 11) is -3.46. The van der Waals surface area contributed by atoms with E-state index in [1.165, 1.54) is 0 Å². The summed E-state index contributed by atoms with van der Waals surface area (Å²) in [6.07, 6.45) is -0.0759. The molecule has 3 rings (SSSR count). The lowest BCUT2D eigenvalue weighted by molar-refractivity contribution is -0.120. The molecule has 1 heterocycles. The molecule has 0 aliphatic carbocycles. The molecule has 7 heteroatoms. The first kappa shape index (κ1) is 20.8. The molecule has 0 fully saturated rings. The van der Waals surface area contributed by atoms with Crippen molar-refractivity contribution in [1.29, 1.82) is 0 Å². The van der Waals surface area contributed by atoms with E-state index in [9.17, 15) is 13.2 Å². The molecule has 0 atom stereocenters. The van der Waals surface area contributed by atoms with Gasteiger partial charge in [-0.25, -0.2) is 8.42 Å². The first-order chi connectivity index (χ1) is 13.9. The van der Waals surface area contributed by atoms with Gasteiger partial charge in [0.2, 0.25) is 5.91 Å². The largest absolute Gasteiger partial charge is 0.352 e. The molecule has 6 nitrogen and oxygen atoms in total. The van der Waals surface area contributed by atoms with Gasteiger partial charge in [0, 0.05) is 24.2 Å². The third-order valence-electron chi connectivity index (χ3n) is 4.87. The number of sulfone groups is 1. The van der Waals surface area contributed by atoms with Gasteiger partial charge in [0.05, 0.1) is 22.9 Å². The summed E-state index contributed by atoms with van der Waals surface area (Å²) in [6.45, 7) is 4.88. The van der Waals surface area contributed by atoms with Crippen LogP contribution < -0.4 is 5.32 Å². The summed E-state index contributed by atoms with van der Waals surface area (Å²) in [5.74, 6) is -0.507. The molecule has 1 aromatic heterocycles. The standard InChI is InChI=1S/C22H25N3O3S/c1-17-21(18(2)25(24-17)16-19-9-5-3-6-10-19)15-23-22(26)13-14-29(27,28)20-11-7-4-8-12-20/h3-12H,13-16H2,1-2H3,(H,23,26). The van der Waals surface area contributed by atoms with Crippen molar-refractivity contribution in [2.24, 2.45) is 0 Å². The quantitative estimate of drug-likeness (QED) is 0.618. The van der Waals surface area contributed by atoms with E-state index in [4.69, 9.17) is 0 Å². The van der Waals surface area contributed by atoms with Crippen LogP contribution in [0.5, 0.6) is 0 Å². The topological polar surface area (TPSA) is 81.1 Å². The Balaban J connectivity index is 1.58. The Morgan fingerprint density at radius 3 is 2.28 bits per heavy atom. The Morgan fingerprint density at radius 2 is 1.62 bits per heavy atom. The maximum atomic E-state index is 12.3. The second-order valence-electron chi connectivity index (χ2n) is 6.95. The molecular weight excluding hydrogens is 386 g/mol. The smallest absolute Gasteiger partial charge is 0.221 e. The van der Waals surface area contributed by atoms with E-state index < -0.39 is 9.84 Å². The molecule has 152 valence electrons. The van der Waals surface area contributed by atoms with Gasteiger partial charge in [-0.2, -0.15) is 5.10 Å². The number of benzene rings is 2. The Labute approximate surface area is 171 Å². The lowest BCUT2D eigenvalue weighted by Crippen LogP contribution is -2.25. The molecule has 0 aliphatic rings. The minimum Gasteiger partial charge on any atom is -0.352 e. The third-order valence-corrected chi connectivity index (χ3v) is 6.60. The molecule has 0 saturated heterocycles. The zero-order valence-corrected chi connectivity index (χ0v) is 17.4. The fourth-order valence-electron chi connectivity index (χ4n) is 3.15. The van der Waals surface area contributed by atoms with E-state index in [1.54, 1.807) is 30.3 Å². The van der Waals surface area contributed by atoms with E-state index in [1.807, 2.05) is 48.9 Å². The number of nitrogens with one attached hydrogen (secondary N) is 1. The highest BCUT2D eigenvalue weighted by atomic mass is 32.2. The van der Waals surface area contributed by atoms with Crippen molar-refractivity contribution in [2.45, 2.75) is 38.3 Å². The third kappa shape index (κ3) is 5.32. The van der Waals surface area contributed by atoms with Gasteiger partial charge in [0.15, 0.2) is 9.84 Å². The van der Waals surface area contributed by atoms with Gasteiger partial charge in [-0.3, -0.25) is 9.48 Å². The molecule has 2 aromatic carbocycles. The lowest BCUT2D eigenvalue weighted by atomic mass is 10.2. The van der Waals surface area contributed by atoms with Crippen molar-refractivity contribution >= 4 is 15.7 Å². The maximum Gasteiger partial charge on any atom is 0.221 e. The summed E-state index contributed by atoms with van der Waals surface area (Å²) in [6, 6.07) is 18.2. The number of aryl methyl sites for hydroxylation is 1. The minimum atomic E-state index is -3.46. The highest BCUT2D eigenvalue weighted by Crippen LogP contribution is 2.15. The number of rotatable bonds is 8. The van der Waals surface area contributed by atoms with Crippen LogP contribution in [0, 0.1) is 13.8 Å². The molecule has 29 heavy (non-hydrogen) atoms. The molecule has 0 bridgehead atoms. The summed E-state index contributed by atoms with van der Waals surface area (Å²) in [5, 5.41) is 7.40. The highest BCUT2D eigenvalue weighted by molar-refractivity contribution is 7.91. The van der Waals surface area contributed by atoms with Gasteiger partial charge in [-0.15, -0.1) is 0 Å². The van der Waals surface area contributed by atoms with Crippen molar-refractivity contribution in [1.82, 2.24) is 15.1 Å². The average Bonchev–Trinajstić information content (AvgIpc) is 2.99. The predicted molar refractivity (Wildman–Crippen MR) is 112 cm³/mol. The van der Waals surface area contributed by atoms with Gasteiger partial charge in [-0.1, -0.05) is 48.5 Å². The monoisotopic (exact) mass is 411 g/mol. The molecule has 1 amide bonds. The van der Waals surface area contributed by atoms with Crippen LogP contribution in [0.4, 0.5) is 0 Å².